The normalized spacial score (nSPS) is 14.6. The van der Waals surface area contributed by atoms with Crippen LogP contribution in [0.4, 0.5) is 11.4 Å². The monoisotopic (exact) mass is 488 g/mol. The van der Waals surface area contributed by atoms with Gasteiger partial charge in [-0.25, -0.2) is 8.42 Å². The summed E-state index contributed by atoms with van der Waals surface area (Å²) in [5.74, 6) is 0.321. The molecule has 1 fully saturated rings. The average Bonchev–Trinajstić information content (AvgIpc) is 2.84. The molecule has 34 heavy (non-hydrogen) atoms. The average molecular weight is 489 g/mol. The number of piperazine rings is 1. The Morgan fingerprint density at radius 1 is 1.03 bits per heavy atom. The summed E-state index contributed by atoms with van der Waals surface area (Å²) in [5.41, 5.74) is 1.89. The first kappa shape index (κ1) is 25.6. The smallest absolute Gasteiger partial charge is 0.293 e. The van der Waals surface area contributed by atoms with Crippen molar-refractivity contribution in [3.8, 4) is 0 Å². The van der Waals surface area contributed by atoms with Crippen molar-refractivity contribution in [3.63, 3.8) is 0 Å². The zero-order chi connectivity index (χ0) is 25.0. The van der Waals surface area contributed by atoms with E-state index >= 15 is 0 Å². The van der Waals surface area contributed by atoms with Crippen LogP contribution < -0.4 is 4.90 Å². The van der Waals surface area contributed by atoms with E-state index in [4.69, 9.17) is 0 Å². The van der Waals surface area contributed by atoms with Crippen molar-refractivity contribution in [2.24, 2.45) is 0 Å². The number of carbonyl (C=O) groups excluding carboxylic acids is 1. The fourth-order valence-electron chi connectivity index (χ4n) is 4.13. The van der Waals surface area contributed by atoms with Gasteiger partial charge < -0.3 is 9.80 Å². The Balaban J connectivity index is 1.76. The third-order valence-electron chi connectivity index (χ3n) is 6.22. The predicted molar refractivity (Wildman–Crippen MR) is 132 cm³/mol. The molecule has 1 amide bonds. The minimum atomic E-state index is -3.81. The Morgan fingerprint density at radius 3 is 2.12 bits per heavy atom. The highest BCUT2D eigenvalue weighted by Crippen LogP contribution is 2.32. The molecule has 1 aliphatic heterocycles. The minimum Gasteiger partial charge on any atom is -0.362 e. The molecule has 9 nitrogen and oxygen atoms in total. The maximum Gasteiger partial charge on any atom is 0.293 e. The zero-order valence-electron chi connectivity index (χ0n) is 20.1. The quantitative estimate of drug-likeness (QED) is 0.414. The second kappa shape index (κ2) is 10.5. The summed E-state index contributed by atoms with van der Waals surface area (Å²) in [4.78, 5) is 27.6. The van der Waals surface area contributed by atoms with Crippen LogP contribution in [-0.2, 0) is 10.0 Å². The minimum absolute atomic E-state index is 0.0647. The van der Waals surface area contributed by atoms with Gasteiger partial charge in [0, 0.05) is 50.9 Å². The van der Waals surface area contributed by atoms with Gasteiger partial charge in [-0.2, -0.15) is 4.31 Å². The van der Waals surface area contributed by atoms with Gasteiger partial charge in [0.2, 0.25) is 10.0 Å². The van der Waals surface area contributed by atoms with Gasteiger partial charge in [0.05, 0.1) is 9.82 Å². The number of rotatable bonds is 8. The van der Waals surface area contributed by atoms with Gasteiger partial charge >= 0.3 is 0 Å². The molecule has 1 saturated heterocycles. The number of hydrogen-bond acceptors (Lipinski definition) is 6. The number of nitrogens with zero attached hydrogens (tertiary/aromatic N) is 4. The molecule has 0 saturated carbocycles. The van der Waals surface area contributed by atoms with Crippen LogP contribution in [0, 0.1) is 10.1 Å². The van der Waals surface area contributed by atoms with E-state index in [1.165, 1.54) is 22.0 Å². The molecule has 0 bridgehead atoms. The number of anilines is 1. The number of sulfonamides is 1. The molecule has 1 aliphatic rings. The van der Waals surface area contributed by atoms with Crippen molar-refractivity contribution in [1.29, 1.82) is 0 Å². The first-order valence-electron chi connectivity index (χ1n) is 11.5. The summed E-state index contributed by atoms with van der Waals surface area (Å²) >= 11 is 0. The molecule has 184 valence electrons. The second-order valence-electron chi connectivity index (χ2n) is 8.55. The van der Waals surface area contributed by atoms with Crippen LogP contribution >= 0.6 is 0 Å². The van der Waals surface area contributed by atoms with Gasteiger partial charge in [-0.15, -0.1) is 0 Å². The number of carbonyl (C=O) groups is 1. The van der Waals surface area contributed by atoms with E-state index in [1.807, 2.05) is 29.2 Å². The lowest BCUT2D eigenvalue weighted by Crippen LogP contribution is -2.49. The summed E-state index contributed by atoms with van der Waals surface area (Å²) < 4.78 is 26.9. The topological polar surface area (TPSA) is 104 Å². The van der Waals surface area contributed by atoms with Crippen LogP contribution in [0.5, 0.6) is 0 Å². The first-order valence-corrected chi connectivity index (χ1v) is 13.0. The van der Waals surface area contributed by atoms with Crippen LogP contribution in [0.3, 0.4) is 0 Å². The van der Waals surface area contributed by atoms with Crippen molar-refractivity contribution < 1.29 is 18.1 Å². The molecule has 0 spiro atoms. The van der Waals surface area contributed by atoms with Crippen LogP contribution in [0.15, 0.2) is 47.4 Å². The van der Waals surface area contributed by atoms with Crippen molar-refractivity contribution in [2.75, 3.05) is 44.2 Å². The van der Waals surface area contributed by atoms with Gasteiger partial charge in [0.1, 0.15) is 5.69 Å². The summed E-state index contributed by atoms with van der Waals surface area (Å²) in [6.07, 6.45) is 0. The lowest BCUT2D eigenvalue weighted by Gasteiger charge is -2.36. The molecule has 0 radical (unpaired) electrons. The standard InChI is InChI=1S/C24H32N4O5S/c1-5-27(6-2)34(32,33)21-11-12-22(23(17-21)28(30)31)25-13-15-26(16-14-25)24(29)20-9-7-19(8-10-20)18(3)4/h7-12,17-18H,5-6,13-16H2,1-4H3. The number of hydrogen-bond donors (Lipinski definition) is 0. The molecular weight excluding hydrogens is 456 g/mol. The van der Waals surface area contributed by atoms with Crippen molar-refractivity contribution in [2.45, 2.75) is 38.5 Å². The summed E-state index contributed by atoms with van der Waals surface area (Å²) in [6.45, 7) is 9.88. The third-order valence-corrected chi connectivity index (χ3v) is 8.26. The Labute approximate surface area is 201 Å². The Hall–Kier alpha value is -2.98. The van der Waals surface area contributed by atoms with Gasteiger partial charge in [0.25, 0.3) is 11.6 Å². The highest BCUT2D eigenvalue weighted by molar-refractivity contribution is 7.89. The number of amides is 1. The lowest BCUT2D eigenvalue weighted by molar-refractivity contribution is -0.384. The van der Waals surface area contributed by atoms with E-state index in [2.05, 4.69) is 13.8 Å². The molecule has 10 heteroatoms. The molecule has 3 rings (SSSR count). The second-order valence-corrected chi connectivity index (χ2v) is 10.5. The lowest BCUT2D eigenvalue weighted by atomic mass is 10.0. The summed E-state index contributed by atoms with van der Waals surface area (Å²) in [5, 5.41) is 11.8. The molecule has 0 atom stereocenters. The Morgan fingerprint density at radius 2 is 1.62 bits per heavy atom. The van der Waals surface area contributed by atoms with Crippen LogP contribution in [-0.4, -0.2) is 67.7 Å². The first-order chi connectivity index (χ1) is 16.1. The molecule has 0 unspecified atom stereocenters. The molecule has 1 heterocycles. The van der Waals surface area contributed by atoms with E-state index in [1.54, 1.807) is 18.7 Å². The summed E-state index contributed by atoms with van der Waals surface area (Å²) in [6, 6.07) is 11.7. The number of nitro groups is 1. The maximum absolute atomic E-state index is 12.9. The van der Waals surface area contributed by atoms with E-state index < -0.39 is 14.9 Å². The SMILES string of the molecule is CCN(CC)S(=O)(=O)c1ccc(N2CCN(C(=O)c3ccc(C(C)C)cc3)CC2)c([N+](=O)[O-])c1. The third kappa shape index (κ3) is 5.23. The van der Waals surface area contributed by atoms with E-state index in [0.717, 1.165) is 6.07 Å². The van der Waals surface area contributed by atoms with Crippen LogP contribution in [0.1, 0.15) is 49.5 Å². The van der Waals surface area contributed by atoms with E-state index in [9.17, 15) is 23.3 Å². The molecular formula is C24H32N4O5S. The van der Waals surface area contributed by atoms with Gasteiger partial charge in [0.15, 0.2) is 0 Å². The van der Waals surface area contributed by atoms with Crippen LogP contribution in [0.25, 0.3) is 0 Å². The predicted octanol–water partition coefficient (Wildman–Crippen LogP) is 3.71. The fraction of sp³-hybridized carbons (Fsp3) is 0.458. The van der Waals surface area contributed by atoms with Gasteiger partial charge in [-0.3, -0.25) is 14.9 Å². The van der Waals surface area contributed by atoms with Crippen molar-refractivity contribution in [1.82, 2.24) is 9.21 Å². The van der Waals surface area contributed by atoms with E-state index in [-0.39, 0.29) is 29.6 Å². The Bertz CT molecular complexity index is 1140. The Kier molecular flexibility index (Phi) is 7.93. The molecule has 0 aliphatic carbocycles. The van der Waals surface area contributed by atoms with Gasteiger partial charge in [-0.1, -0.05) is 39.8 Å². The highest BCUT2D eigenvalue weighted by Gasteiger charge is 2.30. The summed E-state index contributed by atoms with van der Waals surface area (Å²) in [7, 11) is -3.81. The molecule has 0 N–H and O–H groups in total. The van der Waals surface area contributed by atoms with Crippen molar-refractivity contribution >= 4 is 27.3 Å². The molecule has 2 aromatic carbocycles. The number of nitro benzene ring substituents is 1. The largest absolute Gasteiger partial charge is 0.362 e. The molecule has 0 aromatic heterocycles. The zero-order valence-corrected chi connectivity index (χ0v) is 20.9. The number of benzene rings is 2. The van der Waals surface area contributed by atoms with Gasteiger partial charge in [-0.05, 0) is 35.7 Å². The molecule has 2 aromatic rings. The van der Waals surface area contributed by atoms with Crippen LogP contribution in [0.2, 0.25) is 0 Å². The highest BCUT2D eigenvalue weighted by atomic mass is 32.2. The van der Waals surface area contributed by atoms with Crippen molar-refractivity contribution in [3.05, 3.63) is 63.7 Å². The van der Waals surface area contributed by atoms with E-state index in [0.29, 0.717) is 43.3 Å². The maximum atomic E-state index is 12.9. The fourth-order valence-corrected chi connectivity index (χ4v) is 5.61.